The van der Waals surface area contributed by atoms with E-state index in [4.69, 9.17) is 10.8 Å². The van der Waals surface area contributed by atoms with Crippen molar-refractivity contribution in [1.82, 2.24) is 0 Å². The average Bonchev–Trinajstić information content (AvgIpc) is 2.00. The van der Waals surface area contributed by atoms with Gasteiger partial charge in [0.1, 0.15) is 0 Å². The van der Waals surface area contributed by atoms with E-state index < -0.39 is 4.92 Å². The number of nitro groups is 1. The first-order valence-corrected chi connectivity index (χ1v) is 3.25. The lowest BCUT2D eigenvalue weighted by molar-refractivity contribution is -0.414. The van der Waals surface area contributed by atoms with E-state index in [9.17, 15) is 10.1 Å². The molecule has 1 aliphatic carbocycles. The van der Waals surface area contributed by atoms with Gasteiger partial charge in [-0.2, -0.15) is 0 Å². The van der Waals surface area contributed by atoms with E-state index in [2.05, 4.69) is 0 Å². The lowest BCUT2D eigenvalue weighted by atomic mass is 10.00. The molecule has 0 heterocycles. The minimum absolute atomic E-state index is 0.0794. The van der Waals surface area contributed by atoms with Gasteiger partial charge in [-0.3, -0.25) is 20.9 Å². The molecule has 0 bridgehead atoms. The summed E-state index contributed by atoms with van der Waals surface area (Å²) in [6, 6.07) is 0. The predicted octanol–water partition coefficient (Wildman–Crippen LogP) is 1.15. The van der Waals surface area contributed by atoms with Gasteiger partial charge in [0.05, 0.1) is 10.6 Å². The van der Waals surface area contributed by atoms with Gasteiger partial charge in [0.15, 0.2) is 5.71 Å². The molecule has 0 atom stereocenters. The largest absolute Gasteiger partial charge is 0.298 e. The third-order valence-electron chi connectivity index (χ3n) is 1.59. The monoisotopic (exact) mass is 165 g/mol. The van der Waals surface area contributed by atoms with E-state index in [1.807, 2.05) is 0 Å². The van der Waals surface area contributed by atoms with Gasteiger partial charge in [0.25, 0.3) is 5.70 Å². The van der Waals surface area contributed by atoms with Crippen LogP contribution in [0.4, 0.5) is 0 Å². The molecule has 0 spiro atoms. The van der Waals surface area contributed by atoms with Gasteiger partial charge in [0, 0.05) is 6.08 Å². The van der Waals surface area contributed by atoms with Crippen LogP contribution in [-0.4, -0.2) is 16.3 Å². The van der Waals surface area contributed by atoms with Crippen LogP contribution >= 0.6 is 0 Å². The summed E-state index contributed by atoms with van der Waals surface area (Å²) in [5.74, 6) is 0. The van der Waals surface area contributed by atoms with Crippen molar-refractivity contribution in [2.75, 3.05) is 0 Å². The van der Waals surface area contributed by atoms with Crippen LogP contribution in [0, 0.1) is 20.9 Å². The molecule has 0 amide bonds. The first-order valence-electron chi connectivity index (χ1n) is 3.25. The molecule has 0 aromatic heterocycles. The van der Waals surface area contributed by atoms with E-state index in [-0.39, 0.29) is 17.1 Å². The molecule has 0 aromatic rings. The van der Waals surface area contributed by atoms with Gasteiger partial charge in [-0.05, 0) is 12.5 Å². The van der Waals surface area contributed by atoms with Gasteiger partial charge in [-0.1, -0.05) is 6.08 Å². The van der Waals surface area contributed by atoms with E-state index in [0.29, 0.717) is 5.57 Å². The van der Waals surface area contributed by atoms with E-state index >= 15 is 0 Å². The molecule has 12 heavy (non-hydrogen) atoms. The van der Waals surface area contributed by atoms with E-state index in [0.717, 1.165) is 0 Å². The Balaban J connectivity index is 3.15. The summed E-state index contributed by atoms with van der Waals surface area (Å²) in [5.41, 5.74) is -0.139. The van der Waals surface area contributed by atoms with Crippen LogP contribution < -0.4 is 0 Å². The van der Waals surface area contributed by atoms with Gasteiger partial charge >= 0.3 is 0 Å². The lowest BCUT2D eigenvalue weighted by Gasteiger charge is -2.07. The van der Waals surface area contributed by atoms with Crippen LogP contribution in [0.2, 0.25) is 0 Å². The average molecular weight is 165 g/mol. The van der Waals surface area contributed by atoms with Gasteiger partial charge in [-0.15, -0.1) is 0 Å². The first-order chi connectivity index (χ1) is 5.54. The van der Waals surface area contributed by atoms with Crippen molar-refractivity contribution in [3.8, 4) is 0 Å². The smallest absolute Gasteiger partial charge is 0.296 e. The SMILES string of the molecule is CC1=CC=C([N+](=O)[O-])C(=N)C1=N. The maximum atomic E-state index is 10.3. The maximum absolute atomic E-state index is 10.3. The fourth-order valence-electron chi connectivity index (χ4n) is 0.848. The number of nitrogens with zero attached hydrogens (tertiary/aromatic N) is 1. The minimum Gasteiger partial charge on any atom is -0.298 e. The molecule has 0 fully saturated rings. The van der Waals surface area contributed by atoms with E-state index in [1.165, 1.54) is 12.2 Å². The molecule has 5 nitrogen and oxygen atoms in total. The molecule has 0 aromatic carbocycles. The number of nitrogens with one attached hydrogen (secondary N) is 2. The number of rotatable bonds is 1. The summed E-state index contributed by atoms with van der Waals surface area (Å²) in [5, 5.41) is 24.8. The molecule has 0 aliphatic heterocycles. The number of allylic oxidation sites excluding steroid dienone is 4. The molecule has 62 valence electrons. The van der Waals surface area contributed by atoms with Crippen molar-refractivity contribution < 1.29 is 4.92 Å². The second-order valence-electron chi connectivity index (χ2n) is 2.41. The zero-order valence-corrected chi connectivity index (χ0v) is 6.42. The number of hydrogen-bond donors (Lipinski definition) is 2. The minimum atomic E-state index is -0.653. The van der Waals surface area contributed by atoms with Gasteiger partial charge in [-0.25, -0.2) is 0 Å². The molecule has 0 unspecified atom stereocenters. The molecule has 1 aliphatic rings. The second-order valence-corrected chi connectivity index (χ2v) is 2.41. The summed E-state index contributed by atoms with van der Waals surface area (Å²) in [6.07, 6.45) is 2.72. The quantitative estimate of drug-likeness (QED) is 0.346. The Hall–Kier alpha value is -1.78. The first kappa shape index (κ1) is 8.32. The van der Waals surface area contributed by atoms with Crippen molar-refractivity contribution in [3.63, 3.8) is 0 Å². The number of hydrogen-bond acceptors (Lipinski definition) is 4. The van der Waals surface area contributed by atoms with Crippen molar-refractivity contribution in [3.05, 3.63) is 33.5 Å². The third-order valence-corrected chi connectivity index (χ3v) is 1.59. The van der Waals surface area contributed by atoms with Crippen LogP contribution in [0.5, 0.6) is 0 Å². The predicted molar refractivity (Wildman–Crippen MR) is 44.3 cm³/mol. The Kier molecular flexibility index (Phi) is 1.86. The molecular weight excluding hydrogens is 158 g/mol. The Morgan fingerprint density at radius 2 is 1.92 bits per heavy atom. The molecule has 1 rings (SSSR count). The van der Waals surface area contributed by atoms with Gasteiger partial charge < -0.3 is 0 Å². The van der Waals surface area contributed by atoms with Crippen LogP contribution in [-0.2, 0) is 0 Å². The summed E-state index contributed by atoms with van der Waals surface area (Å²) in [6.45, 7) is 1.64. The summed E-state index contributed by atoms with van der Waals surface area (Å²) in [7, 11) is 0. The maximum Gasteiger partial charge on any atom is 0.296 e. The highest BCUT2D eigenvalue weighted by Gasteiger charge is 2.24. The second kappa shape index (κ2) is 2.69. The van der Waals surface area contributed by atoms with Crippen molar-refractivity contribution in [2.45, 2.75) is 6.92 Å². The third kappa shape index (κ3) is 1.16. The molecule has 2 N–H and O–H groups in total. The summed E-state index contributed by atoms with van der Waals surface area (Å²) < 4.78 is 0. The van der Waals surface area contributed by atoms with Crippen LogP contribution in [0.3, 0.4) is 0 Å². The van der Waals surface area contributed by atoms with Crippen molar-refractivity contribution in [1.29, 1.82) is 10.8 Å². The molecule has 0 saturated carbocycles. The van der Waals surface area contributed by atoms with E-state index in [1.54, 1.807) is 6.92 Å². The fourth-order valence-corrected chi connectivity index (χ4v) is 0.848. The van der Waals surface area contributed by atoms with Crippen molar-refractivity contribution in [2.24, 2.45) is 0 Å². The van der Waals surface area contributed by atoms with Crippen LogP contribution in [0.25, 0.3) is 0 Å². The Bertz CT molecular complexity index is 339. The Morgan fingerprint density at radius 1 is 1.33 bits per heavy atom. The topological polar surface area (TPSA) is 90.8 Å². The highest BCUT2D eigenvalue weighted by Crippen LogP contribution is 2.11. The molecule has 0 radical (unpaired) electrons. The highest BCUT2D eigenvalue weighted by molar-refractivity contribution is 6.51. The standard InChI is InChI=1S/C7H7N3O2/c1-4-2-3-5(10(11)12)7(9)6(4)8/h2-3,8-9H,1H3. The Morgan fingerprint density at radius 3 is 2.42 bits per heavy atom. The molecule has 0 saturated heterocycles. The zero-order valence-electron chi connectivity index (χ0n) is 6.42. The summed E-state index contributed by atoms with van der Waals surface area (Å²) in [4.78, 5) is 9.63. The zero-order chi connectivity index (χ0) is 9.30. The molecule has 5 heteroatoms. The lowest BCUT2D eigenvalue weighted by Crippen LogP contribution is -2.22. The fraction of sp³-hybridized carbons (Fsp3) is 0.143. The Labute approximate surface area is 68.6 Å². The van der Waals surface area contributed by atoms with Crippen LogP contribution in [0.1, 0.15) is 6.92 Å². The van der Waals surface area contributed by atoms with Crippen LogP contribution in [0.15, 0.2) is 23.4 Å². The highest BCUT2D eigenvalue weighted by atomic mass is 16.6. The van der Waals surface area contributed by atoms with Gasteiger partial charge in [0.2, 0.25) is 0 Å². The molecular formula is C7H7N3O2. The van der Waals surface area contributed by atoms with Crippen molar-refractivity contribution >= 4 is 11.4 Å². The normalized spacial score (nSPS) is 17.1. The summed E-state index contributed by atoms with van der Waals surface area (Å²) >= 11 is 0.